The number of phosphoric acid groups is 1. The highest BCUT2D eigenvalue weighted by Crippen LogP contribution is 2.50. The molecule has 0 heterocycles. The van der Waals surface area contributed by atoms with Crippen molar-refractivity contribution in [2.45, 2.75) is 0 Å². The van der Waals surface area contributed by atoms with Crippen LogP contribution < -0.4 is 23.0 Å². The van der Waals surface area contributed by atoms with Crippen molar-refractivity contribution in [3.8, 4) is 28.7 Å². The summed E-state index contributed by atoms with van der Waals surface area (Å²) in [6.45, 7) is 0. The van der Waals surface area contributed by atoms with E-state index in [2.05, 4.69) is 0 Å². The molecule has 0 aromatic heterocycles. The third kappa shape index (κ3) is 5.35. The van der Waals surface area contributed by atoms with Gasteiger partial charge >= 0.3 is 7.82 Å². The molecule has 0 saturated carbocycles. The largest absolute Gasteiger partial charge is 0.647 e. The Morgan fingerprint density at radius 1 is 0.643 bits per heavy atom. The Labute approximate surface area is 168 Å². The van der Waals surface area contributed by atoms with Crippen LogP contribution in [0.4, 0.5) is 0 Å². The van der Waals surface area contributed by atoms with Gasteiger partial charge in [-0.25, -0.2) is 0 Å². The lowest BCUT2D eigenvalue weighted by atomic mass is 10.3. The summed E-state index contributed by atoms with van der Waals surface area (Å²) in [5, 5.41) is 0.429. The fourth-order valence-electron chi connectivity index (χ4n) is 2.24. The maximum absolute atomic E-state index is 13.4. The van der Waals surface area contributed by atoms with E-state index in [4.69, 9.17) is 34.6 Å². The maximum atomic E-state index is 13.4. The molecule has 3 aromatic carbocycles. The topological polar surface area (TPSA) is 63.2 Å². The summed E-state index contributed by atoms with van der Waals surface area (Å²) < 4.78 is 40.3. The average molecular weight is 421 g/mol. The molecule has 0 aliphatic rings. The van der Waals surface area contributed by atoms with Crippen molar-refractivity contribution < 1.29 is 27.6 Å². The smallest absolute Gasteiger partial charge is 0.497 e. The minimum Gasteiger partial charge on any atom is -0.497 e. The SMILES string of the molecule is COc1ccc(OP(=O)(Oc2ccc(OC)cc2)Oc2cccc(Cl)c2)cc1. The van der Waals surface area contributed by atoms with Crippen LogP contribution in [0.15, 0.2) is 72.8 Å². The summed E-state index contributed by atoms with van der Waals surface area (Å²) in [5.41, 5.74) is 0. The molecular weight excluding hydrogens is 403 g/mol. The van der Waals surface area contributed by atoms with Gasteiger partial charge in [0.05, 0.1) is 14.2 Å². The second-order valence-electron chi connectivity index (χ2n) is 5.53. The van der Waals surface area contributed by atoms with E-state index < -0.39 is 7.82 Å². The zero-order valence-corrected chi connectivity index (χ0v) is 16.9. The monoisotopic (exact) mass is 420 g/mol. The Morgan fingerprint density at radius 2 is 1.07 bits per heavy atom. The van der Waals surface area contributed by atoms with Crippen LogP contribution >= 0.6 is 19.4 Å². The third-order valence-corrected chi connectivity index (χ3v) is 5.10. The van der Waals surface area contributed by atoms with Gasteiger partial charge in [-0.3, -0.25) is 0 Å². The molecule has 3 rings (SSSR count). The van der Waals surface area contributed by atoms with Gasteiger partial charge in [-0.1, -0.05) is 17.7 Å². The summed E-state index contributed by atoms with van der Waals surface area (Å²) in [6, 6.07) is 19.6. The van der Waals surface area contributed by atoms with Crippen LogP contribution in [-0.2, 0) is 4.57 Å². The minimum atomic E-state index is -4.09. The Hall–Kier alpha value is -2.82. The van der Waals surface area contributed by atoms with Gasteiger partial charge in [0.2, 0.25) is 0 Å². The molecule has 0 amide bonds. The highest BCUT2D eigenvalue weighted by atomic mass is 35.5. The zero-order chi connectivity index (χ0) is 20.0. The normalized spacial score (nSPS) is 10.8. The molecule has 0 fully saturated rings. The number of hydrogen-bond acceptors (Lipinski definition) is 6. The van der Waals surface area contributed by atoms with E-state index in [0.717, 1.165) is 0 Å². The fourth-order valence-corrected chi connectivity index (χ4v) is 3.66. The number of rotatable bonds is 8. The number of halogens is 1. The van der Waals surface area contributed by atoms with Crippen LogP contribution in [0.3, 0.4) is 0 Å². The van der Waals surface area contributed by atoms with E-state index >= 15 is 0 Å². The molecule has 28 heavy (non-hydrogen) atoms. The van der Waals surface area contributed by atoms with E-state index in [9.17, 15) is 4.57 Å². The van der Waals surface area contributed by atoms with E-state index in [1.165, 1.54) is 6.07 Å². The molecule has 0 atom stereocenters. The molecular formula is C20H18ClO6P. The van der Waals surface area contributed by atoms with Crippen molar-refractivity contribution in [2.24, 2.45) is 0 Å². The van der Waals surface area contributed by atoms with E-state index in [1.807, 2.05) is 0 Å². The molecule has 8 heteroatoms. The van der Waals surface area contributed by atoms with Crippen molar-refractivity contribution in [1.29, 1.82) is 0 Å². The first-order chi connectivity index (χ1) is 13.5. The number of ether oxygens (including phenoxy) is 2. The summed E-state index contributed by atoms with van der Waals surface area (Å²) >= 11 is 5.98. The van der Waals surface area contributed by atoms with Crippen molar-refractivity contribution in [1.82, 2.24) is 0 Å². The Balaban J connectivity index is 1.87. The van der Waals surface area contributed by atoms with Gasteiger partial charge < -0.3 is 23.0 Å². The first-order valence-electron chi connectivity index (χ1n) is 8.22. The lowest BCUT2D eigenvalue weighted by molar-refractivity contribution is 0.298. The predicted molar refractivity (Wildman–Crippen MR) is 107 cm³/mol. The van der Waals surface area contributed by atoms with Gasteiger partial charge in [0, 0.05) is 5.02 Å². The Bertz CT molecular complexity index is 906. The zero-order valence-electron chi connectivity index (χ0n) is 15.2. The fraction of sp³-hybridized carbons (Fsp3) is 0.100. The third-order valence-electron chi connectivity index (χ3n) is 3.57. The minimum absolute atomic E-state index is 0.248. The second kappa shape index (κ2) is 8.91. The van der Waals surface area contributed by atoms with Crippen LogP contribution in [0.5, 0.6) is 28.7 Å². The molecule has 3 aromatic rings. The van der Waals surface area contributed by atoms with Crippen molar-refractivity contribution in [2.75, 3.05) is 14.2 Å². The lowest BCUT2D eigenvalue weighted by Crippen LogP contribution is -2.07. The van der Waals surface area contributed by atoms with Crippen LogP contribution in [-0.4, -0.2) is 14.2 Å². The molecule has 0 bridgehead atoms. The first-order valence-corrected chi connectivity index (χ1v) is 10.1. The number of phosphoric ester groups is 1. The number of benzene rings is 3. The van der Waals surface area contributed by atoms with Gasteiger partial charge in [0.1, 0.15) is 28.7 Å². The molecule has 0 radical (unpaired) electrons. The quantitative estimate of drug-likeness (QED) is 0.416. The van der Waals surface area contributed by atoms with E-state index in [1.54, 1.807) is 80.9 Å². The molecule has 0 aliphatic heterocycles. The van der Waals surface area contributed by atoms with Crippen LogP contribution in [0, 0.1) is 0 Å². The summed E-state index contributed by atoms with van der Waals surface area (Å²) in [6.07, 6.45) is 0. The second-order valence-corrected chi connectivity index (χ2v) is 7.41. The van der Waals surface area contributed by atoms with Gasteiger partial charge in [-0.15, -0.1) is 0 Å². The predicted octanol–water partition coefficient (Wildman–Crippen LogP) is 6.00. The molecule has 0 spiro atoms. The molecule has 0 saturated heterocycles. The van der Waals surface area contributed by atoms with Gasteiger partial charge in [0.15, 0.2) is 0 Å². The summed E-state index contributed by atoms with van der Waals surface area (Å²) in [4.78, 5) is 0. The van der Waals surface area contributed by atoms with Crippen molar-refractivity contribution in [3.05, 3.63) is 77.8 Å². The molecule has 146 valence electrons. The highest BCUT2D eigenvalue weighted by molar-refractivity contribution is 7.49. The van der Waals surface area contributed by atoms with Crippen LogP contribution in [0.25, 0.3) is 0 Å². The molecule has 0 unspecified atom stereocenters. The van der Waals surface area contributed by atoms with Crippen LogP contribution in [0.2, 0.25) is 5.02 Å². The first kappa shape index (κ1) is 19.9. The molecule has 0 N–H and O–H groups in total. The highest BCUT2D eigenvalue weighted by Gasteiger charge is 2.33. The van der Waals surface area contributed by atoms with Gasteiger partial charge in [-0.05, 0) is 66.7 Å². The number of methoxy groups -OCH3 is 2. The summed E-state index contributed by atoms with van der Waals surface area (Å²) in [5.74, 6) is 2.10. The standard InChI is InChI=1S/C20H18ClO6P/c1-23-16-6-10-18(11-7-16)25-28(22,27-20-5-3-4-15(21)14-20)26-19-12-8-17(24-2)9-13-19/h3-14H,1-2H3. The van der Waals surface area contributed by atoms with E-state index in [0.29, 0.717) is 28.0 Å². The molecule has 0 aliphatic carbocycles. The average Bonchev–Trinajstić information content (AvgIpc) is 2.69. The number of hydrogen-bond donors (Lipinski definition) is 0. The van der Waals surface area contributed by atoms with E-state index in [-0.39, 0.29) is 5.75 Å². The Morgan fingerprint density at radius 3 is 1.50 bits per heavy atom. The molecule has 6 nitrogen and oxygen atoms in total. The van der Waals surface area contributed by atoms with Gasteiger partial charge in [-0.2, -0.15) is 4.57 Å². The van der Waals surface area contributed by atoms with Gasteiger partial charge in [0.25, 0.3) is 0 Å². The Kier molecular flexibility index (Phi) is 6.34. The van der Waals surface area contributed by atoms with Crippen molar-refractivity contribution >= 4 is 19.4 Å². The van der Waals surface area contributed by atoms with Crippen LogP contribution in [0.1, 0.15) is 0 Å². The van der Waals surface area contributed by atoms with Crippen molar-refractivity contribution in [3.63, 3.8) is 0 Å². The maximum Gasteiger partial charge on any atom is 0.647 e. The lowest BCUT2D eigenvalue weighted by Gasteiger charge is -2.19. The summed E-state index contributed by atoms with van der Waals surface area (Å²) in [7, 11) is -0.990.